The number of carbonyl (C=O) groups is 1. The Balaban J connectivity index is 1.41. The van der Waals surface area contributed by atoms with Gasteiger partial charge in [0.1, 0.15) is 11.5 Å². The van der Waals surface area contributed by atoms with Crippen molar-refractivity contribution < 1.29 is 19.7 Å². The van der Waals surface area contributed by atoms with Crippen LogP contribution in [0.25, 0.3) is 5.57 Å². The molecule has 1 aliphatic carbocycles. The van der Waals surface area contributed by atoms with Crippen molar-refractivity contribution in [2.45, 2.75) is 31.9 Å². The van der Waals surface area contributed by atoms with Crippen molar-refractivity contribution in [2.24, 2.45) is 0 Å². The SMILES string of the molecule is COC1c2ccccc2C(=O)N1CCCCC(C1=CCC=C1)=C(c1ccc(O)cc1)c1ccc(O)cc1. The Morgan fingerprint density at radius 3 is 2.16 bits per heavy atom. The molecule has 0 radical (unpaired) electrons. The van der Waals surface area contributed by atoms with Crippen molar-refractivity contribution in [1.29, 1.82) is 0 Å². The molecule has 5 nitrogen and oxygen atoms in total. The number of amides is 1. The highest BCUT2D eigenvalue weighted by Gasteiger charge is 2.36. The van der Waals surface area contributed by atoms with Gasteiger partial charge in [0.15, 0.2) is 6.23 Å². The number of methoxy groups -OCH3 is 1. The van der Waals surface area contributed by atoms with Gasteiger partial charge in [-0.3, -0.25) is 4.79 Å². The molecule has 2 aliphatic rings. The highest BCUT2D eigenvalue weighted by molar-refractivity contribution is 5.98. The van der Waals surface area contributed by atoms with E-state index < -0.39 is 0 Å². The number of hydrogen-bond acceptors (Lipinski definition) is 4. The second kappa shape index (κ2) is 10.9. The topological polar surface area (TPSA) is 70.0 Å². The van der Waals surface area contributed by atoms with E-state index in [0.29, 0.717) is 6.54 Å². The van der Waals surface area contributed by atoms with E-state index in [2.05, 4.69) is 18.2 Å². The number of benzene rings is 3. The summed E-state index contributed by atoms with van der Waals surface area (Å²) >= 11 is 0. The first-order valence-electron chi connectivity index (χ1n) is 12.7. The standard InChI is InChI=1S/C32H31NO4/c1-37-32-29-12-5-4-11-28(29)31(36)33(32)21-7-6-10-27(22-8-2-3-9-22)30(23-13-17-25(34)18-14-23)24-15-19-26(35)20-16-24/h2,4-5,8-9,11-20,32,34-35H,3,6-7,10,21H2,1H3. The number of allylic oxidation sites excluding steroid dienone is 5. The zero-order chi connectivity index (χ0) is 25.8. The Hall–Kier alpha value is -4.09. The molecule has 1 aliphatic heterocycles. The fourth-order valence-electron chi connectivity index (χ4n) is 5.26. The van der Waals surface area contributed by atoms with Crippen LogP contribution in [0, 0.1) is 0 Å². The summed E-state index contributed by atoms with van der Waals surface area (Å²) in [5.41, 5.74) is 7.14. The molecule has 1 amide bonds. The summed E-state index contributed by atoms with van der Waals surface area (Å²) in [5, 5.41) is 19.8. The van der Waals surface area contributed by atoms with Crippen LogP contribution in [0.4, 0.5) is 0 Å². The molecule has 1 atom stereocenters. The van der Waals surface area contributed by atoms with Crippen molar-refractivity contribution in [3.8, 4) is 11.5 Å². The predicted octanol–water partition coefficient (Wildman–Crippen LogP) is 6.76. The van der Waals surface area contributed by atoms with Gasteiger partial charge in [0.2, 0.25) is 0 Å². The lowest BCUT2D eigenvalue weighted by atomic mass is 9.87. The highest BCUT2D eigenvalue weighted by Crippen LogP contribution is 2.37. The van der Waals surface area contributed by atoms with E-state index >= 15 is 0 Å². The number of nitrogens with zero attached hydrogens (tertiary/aromatic N) is 1. The fourth-order valence-corrected chi connectivity index (χ4v) is 5.26. The summed E-state index contributed by atoms with van der Waals surface area (Å²) in [6.07, 6.45) is 9.64. The van der Waals surface area contributed by atoms with Crippen molar-refractivity contribution >= 4 is 11.5 Å². The third kappa shape index (κ3) is 5.09. The Kier molecular flexibility index (Phi) is 7.24. The van der Waals surface area contributed by atoms with Gasteiger partial charge in [0.05, 0.1) is 0 Å². The van der Waals surface area contributed by atoms with E-state index in [1.54, 1.807) is 31.4 Å². The summed E-state index contributed by atoms with van der Waals surface area (Å²) in [7, 11) is 1.65. The molecule has 1 unspecified atom stereocenters. The van der Waals surface area contributed by atoms with E-state index in [-0.39, 0.29) is 23.6 Å². The van der Waals surface area contributed by atoms with Gasteiger partial charge in [-0.1, -0.05) is 60.7 Å². The first kappa shape index (κ1) is 24.6. The van der Waals surface area contributed by atoms with Crippen LogP contribution in [0.15, 0.2) is 102 Å². The lowest BCUT2D eigenvalue weighted by Gasteiger charge is -2.24. The molecule has 37 heavy (non-hydrogen) atoms. The molecule has 0 saturated carbocycles. The van der Waals surface area contributed by atoms with Gasteiger partial charge < -0.3 is 19.8 Å². The number of carbonyl (C=O) groups excluding carboxylic acids is 1. The number of unbranched alkanes of at least 4 members (excludes halogenated alkanes) is 1. The van der Waals surface area contributed by atoms with Crippen LogP contribution in [0.1, 0.15) is 59.0 Å². The normalized spacial score (nSPS) is 16.1. The molecule has 5 heteroatoms. The van der Waals surface area contributed by atoms with Gasteiger partial charge in [-0.2, -0.15) is 0 Å². The highest BCUT2D eigenvalue weighted by atomic mass is 16.5. The molecule has 3 aromatic carbocycles. The molecule has 0 aromatic heterocycles. The van der Waals surface area contributed by atoms with E-state index in [1.807, 2.05) is 53.4 Å². The van der Waals surface area contributed by atoms with Gasteiger partial charge in [-0.05, 0) is 83.9 Å². The minimum atomic E-state index is -0.344. The van der Waals surface area contributed by atoms with Crippen LogP contribution in [-0.4, -0.2) is 34.7 Å². The predicted molar refractivity (Wildman–Crippen MR) is 145 cm³/mol. The van der Waals surface area contributed by atoms with Gasteiger partial charge in [0.25, 0.3) is 5.91 Å². The molecule has 0 saturated heterocycles. The molecule has 0 spiro atoms. The molecule has 1 heterocycles. The minimum Gasteiger partial charge on any atom is -0.508 e. The molecule has 2 N–H and O–H groups in total. The van der Waals surface area contributed by atoms with Crippen molar-refractivity contribution in [2.75, 3.05) is 13.7 Å². The number of phenolic OH excluding ortho intramolecular Hbond substituents is 2. The van der Waals surface area contributed by atoms with E-state index in [4.69, 9.17) is 4.74 Å². The van der Waals surface area contributed by atoms with Crippen LogP contribution >= 0.6 is 0 Å². The molecule has 3 aromatic rings. The number of phenols is 2. The Bertz CT molecular complexity index is 1320. The lowest BCUT2D eigenvalue weighted by molar-refractivity contribution is -0.0130. The van der Waals surface area contributed by atoms with Crippen LogP contribution in [0.3, 0.4) is 0 Å². The summed E-state index contributed by atoms with van der Waals surface area (Å²) in [5.74, 6) is 0.465. The van der Waals surface area contributed by atoms with E-state index in [0.717, 1.165) is 53.5 Å². The smallest absolute Gasteiger partial charge is 0.256 e. The van der Waals surface area contributed by atoms with E-state index in [9.17, 15) is 15.0 Å². The zero-order valence-electron chi connectivity index (χ0n) is 20.9. The summed E-state index contributed by atoms with van der Waals surface area (Å²) in [6, 6.07) is 22.2. The van der Waals surface area contributed by atoms with Crippen LogP contribution < -0.4 is 0 Å². The third-order valence-electron chi connectivity index (χ3n) is 7.03. The number of ether oxygens (including phenoxy) is 1. The monoisotopic (exact) mass is 493 g/mol. The van der Waals surface area contributed by atoms with Gasteiger partial charge in [-0.25, -0.2) is 0 Å². The second-order valence-corrected chi connectivity index (χ2v) is 9.38. The molecule has 0 fully saturated rings. The molecule has 188 valence electrons. The fraction of sp³-hybridized carbons (Fsp3) is 0.219. The van der Waals surface area contributed by atoms with Crippen LogP contribution in [0.5, 0.6) is 11.5 Å². The molecular weight excluding hydrogens is 462 g/mol. The zero-order valence-corrected chi connectivity index (χ0v) is 20.9. The van der Waals surface area contributed by atoms with Gasteiger partial charge in [-0.15, -0.1) is 0 Å². The Labute approximate surface area is 217 Å². The summed E-state index contributed by atoms with van der Waals surface area (Å²) < 4.78 is 5.69. The maximum atomic E-state index is 13.0. The first-order chi connectivity index (χ1) is 18.1. The Morgan fingerprint density at radius 2 is 1.57 bits per heavy atom. The minimum absolute atomic E-state index is 0.0218. The maximum Gasteiger partial charge on any atom is 0.256 e. The van der Waals surface area contributed by atoms with Crippen molar-refractivity contribution in [3.05, 3.63) is 124 Å². The van der Waals surface area contributed by atoms with Crippen LogP contribution in [-0.2, 0) is 4.74 Å². The molecule has 0 bridgehead atoms. The quantitative estimate of drug-likeness (QED) is 0.323. The first-order valence-corrected chi connectivity index (χ1v) is 12.7. The average Bonchev–Trinajstić information content (AvgIpc) is 3.54. The van der Waals surface area contributed by atoms with Gasteiger partial charge in [0, 0.05) is 24.8 Å². The van der Waals surface area contributed by atoms with Crippen molar-refractivity contribution in [1.82, 2.24) is 4.90 Å². The average molecular weight is 494 g/mol. The third-order valence-corrected chi connectivity index (χ3v) is 7.03. The van der Waals surface area contributed by atoms with Crippen molar-refractivity contribution in [3.63, 3.8) is 0 Å². The maximum absolute atomic E-state index is 13.0. The second-order valence-electron chi connectivity index (χ2n) is 9.38. The summed E-state index contributed by atoms with van der Waals surface area (Å²) in [4.78, 5) is 14.8. The number of aromatic hydroxyl groups is 2. The number of fused-ring (bicyclic) bond motifs is 1. The van der Waals surface area contributed by atoms with E-state index in [1.165, 1.54) is 11.1 Å². The molecule has 5 rings (SSSR count). The number of hydrogen-bond donors (Lipinski definition) is 2. The Morgan fingerprint density at radius 1 is 0.919 bits per heavy atom. The number of rotatable bonds is 9. The lowest BCUT2D eigenvalue weighted by Crippen LogP contribution is -2.30. The molecular formula is C32H31NO4. The largest absolute Gasteiger partial charge is 0.508 e. The van der Waals surface area contributed by atoms with Gasteiger partial charge >= 0.3 is 0 Å². The summed E-state index contributed by atoms with van der Waals surface area (Å²) in [6.45, 7) is 0.613. The van der Waals surface area contributed by atoms with Crippen LogP contribution in [0.2, 0.25) is 0 Å².